The van der Waals surface area contributed by atoms with Crippen LogP contribution in [-0.2, 0) is 13.1 Å². The fourth-order valence-electron chi connectivity index (χ4n) is 2.59. The third-order valence-electron chi connectivity index (χ3n) is 4.00. The van der Waals surface area contributed by atoms with Crippen LogP contribution in [0.25, 0.3) is 10.9 Å². The zero-order valence-electron chi connectivity index (χ0n) is 13.6. The van der Waals surface area contributed by atoms with E-state index in [1.165, 1.54) is 22.9 Å². The van der Waals surface area contributed by atoms with Crippen molar-refractivity contribution in [1.29, 1.82) is 0 Å². The molecule has 1 unspecified atom stereocenters. The minimum atomic E-state index is 0.674. The van der Waals surface area contributed by atoms with Crippen LogP contribution in [0.2, 0.25) is 5.02 Å². The van der Waals surface area contributed by atoms with Gasteiger partial charge in [-0.3, -0.25) is 0 Å². The summed E-state index contributed by atoms with van der Waals surface area (Å²) in [4.78, 5) is 0. The van der Waals surface area contributed by atoms with Gasteiger partial charge in [-0.1, -0.05) is 51.8 Å². The topological polar surface area (TPSA) is 17.0 Å². The van der Waals surface area contributed by atoms with Crippen molar-refractivity contribution in [2.75, 3.05) is 6.54 Å². The normalized spacial score (nSPS) is 13.2. The molecule has 0 saturated carbocycles. The van der Waals surface area contributed by atoms with Gasteiger partial charge in [0.15, 0.2) is 0 Å². The van der Waals surface area contributed by atoms with Gasteiger partial charge in [-0.15, -0.1) is 0 Å². The maximum atomic E-state index is 6.19. The molecule has 1 heterocycles. The second-order valence-electron chi connectivity index (χ2n) is 6.51. The van der Waals surface area contributed by atoms with Crippen LogP contribution >= 0.6 is 11.6 Å². The maximum absolute atomic E-state index is 6.19. The summed E-state index contributed by atoms with van der Waals surface area (Å²) in [5.41, 5.74) is 2.62. The van der Waals surface area contributed by atoms with Gasteiger partial charge in [-0.25, -0.2) is 0 Å². The molecule has 21 heavy (non-hydrogen) atoms. The number of nitrogens with zero attached hydrogens (tertiary/aromatic N) is 1. The van der Waals surface area contributed by atoms with Crippen LogP contribution < -0.4 is 5.32 Å². The van der Waals surface area contributed by atoms with Crippen LogP contribution in [0.3, 0.4) is 0 Å². The Hall–Kier alpha value is -0.990. The number of halogens is 1. The average molecular weight is 307 g/mol. The van der Waals surface area contributed by atoms with Gasteiger partial charge < -0.3 is 9.88 Å². The van der Waals surface area contributed by atoms with Crippen LogP contribution in [0, 0.1) is 11.8 Å². The van der Waals surface area contributed by atoms with Gasteiger partial charge in [0.2, 0.25) is 0 Å². The minimum absolute atomic E-state index is 0.674. The number of hydrogen-bond acceptors (Lipinski definition) is 1. The number of fused-ring (bicyclic) bond motifs is 1. The van der Waals surface area contributed by atoms with Gasteiger partial charge in [0.25, 0.3) is 0 Å². The Labute approximate surface area is 133 Å². The Balaban J connectivity index is 2.28. The average Bonchev–Trinajstić information content (AvgIpc) is 2.76. The lowest BCUT2D eigenvalue weighted by Gasteiger charge is -2.11. The minimum Gasteiger partial charge on any atom is -0.347 e. The van der Waals surface area contributed by atoms with Crippen molar-refractivity contribution in [3.63, 3.8) is 0 Å². The molecule has 1 N–H and O–H groups in total. The van der Waals surface area contributed by atoms with E-state index in [4.69, 9.17) is 11.6 Å². The molecule has 2 aromatic rings. The van der Waals surface area contributed by atoms with Crippen LogP contribution in [0.5, 0.6) is 0 Å². The number of rotatable bonds is 7. The molecule has 2 nitrogen and oxygen atoms in total. The van der Waals surface area contributed by atoms with E-state index >= 15 is 0 Å². The van der Waals surface area contributed by atoms with Gasteiger partial charge in [0.05, 0.1) is 0 Å². The van der Waals surface area contributed by atoms with E-state index in [0.717, 1.165) is 24.7 Å². The highest BCUT2D eigenvalue weighted by atomic mass is 35.5. The molecule has 0 aliphatic carbocycles. The van der Waals surface area contributed by atoms with Crippen LogP contribution in [0.4, 0.5) is 0 Å². The van der Waals surface area contributed by atoms with E-state index in [-0.39, 0.29) is 0 Å². The van der Waals surface area contributed by atoms with Crippen molar-refractivity contribution >= 4 is 22.5 Å². The number of aromatic nitrogens is 1. The van der Waals surface area contributed by atoms with Crippen LogP contribution in [0.1, 0.15) is 39.7 Å². The number of hydrogen-bond donors (Lipinski definition) is 1. The Morgan fingerprint density at radius 2 is 2.00 bits per heavy atom. The van der Waals surface area contributed by atoms with E-state index < -0.39 is 0 Å². The summed E-state index contributed by atoms with van der Waals surface area (Å²) in [5, 5.41) is 5.67. The van der Waals surface area contributed by atoms with Crippen molar-refractivity contribution in [2.24, 2.45) is 11.8 Å². The summed E-state index contributed by atoms with van der Waals surface area (Å²) >= 11 is 6.19. The largest absolute Gasteiger partial charge is 0.347 e. The molecule has 0 fully saturated rings. The molecule has 0 aliphatic rings. The highest BCUT2D eigenvalue weighted by Crippen LogP contribution is 2.26. The van der Waals surface area contributed by atoms with Gasteiger partial charge >= 0.3 is 0 Å². The van der Waals surface area contributed by atoms with E-state index in [0.29, 0.717) is 11.8 Å². The molecule has 0 saturated heterocycles. The second-order valence-corrected chi connectivity index (χ2v) is 6.94. The van der Waals surface area contributed by atoms with Crippen LogP contribution in [-0.4, -0.2) is 11.1 Å². The lowest BCUT2D eigenvalue weighted by Crippen LogP contribution is -2.18. The van der Waals surface area contributed by atoms with Gasteiger partial charge in [0, 0.05) is 35.2 Å². The Morgan fingerprint density at radius 1 is 1.24 bits per heavy atom. The third-order valence-corrected chi connectivity index (χ3v) is 4.24. The Bertz CT molecular complexity index is 586. The predicted molar refractivity (Wildman–Crippen MR) is 92.9 cm³/mol. The lowest BCUT2D eigenvalue weighted by molar-refractivity contribution is 0.476. The van der Waals surface area contributed by atoms with Crippen molar-refractivity contribution in [2.45, 2.75) is 47.2 Å². The highest BCUT2D eigenvalue weighted by molar-refractivity contribution is 6.31. The van der Waals surface area contributed by atoms with Crippen molar-refractivity contribution in [3.8, 4) is 0 Å². The van der Waals surface area contributed by atoms with Gasteiger partial charge in [-0.05, 0) is 36.1 Å². The van der Waals surface area contributed by atoms with Crippen molar-refractivity contribution in [3.05, 3.63) is 35.0 Å². The molecule has 0 aliphatic heterocycles. The number of benzene rings is 1. The number of nitrogens with one attached hydrogen (secondary N) is 1. The Kier molecular flexibility index (Phi) is 5.72. The molecule has 0 spiro atoms. The summed E-state index contributed by atoms with van der Waals surface area (Å²) in [6.07, 6.45) is 3.49. The first-order valence-corrected chi connectivity index (χ1v) is 8.37. The van der Waals surface area contributed by atoms with Gasteiger partial charge in [-0.2, -0.15) is 0 Å². The molecule has 116 valence electrons. The Morgan fingerprint density at radius 3 is 2.67 bits per heavy atom. The molecular formula is C18H27ClN2. The van der Waals surface area contributed by atoms with Crippen LogP contribution in [0.15, 0.2) is 24.4 Å². The summed E-state index contributed by atoms with van der Waals surface area (Å²) in [7, 11) is 0. The molecule has 0 radical (unpaired) electrons. The van der Waals surface area contributed by atoms with E-state index in [1.54, 1.807) is 0 Å². The molecule has 1 aromatic heterocycles. The molecular weight excluding hydrogens is 280 g/mol. The molecule has 2 rings (SSSR count). The quantitative estimate of drug-likeness (QED) is 0.754. The highest BCUT2D eigenvalue weighted by Gasteiger charge is 2.11. The van der Waals surface area contributed by atoms with Gasteiger partial charge in [0.1, 0.15) is 0 Å². The summed E-state index contributed by atoms with van der Waals surface area (Å²) in [5.74, 6) is 1.35. The molecule has 1 atom stereocenters. The summed E-state index contributed by atoms with van der Waals surface area (Å²) in [6.45, 7) is 12.0. The third kappa shape index (κ3) is 4.24. The van der Waals surface area contributed by atoms with Crippen molar-refractivity contribution in [1.82, 2.24) is 9.88 Å². The van der Waals surface area contributed by atoms with E-state index in [1.807, 2.05) is 6.07 Å². The molecule has 3 heteroatoms. The first-order valence-electron chi connectivity index (χ1n) is 7.99. The lowest BCUT2D eigenvalue weighted by atomic mass is 10.1. The first kappa shape index (κ1) is 16.4. The standard InChI is InChI=1S/C18H27ClN2/c1-5-14(4)11-21-12-15(10-20-9-13(2)3)17-7-6-16(19)8-18(17)21/h6-8,12-14,20H,5,9-11H2,1-4H3. The zero-order valence-corrected chi connectivity index (χ0v) is 14.4. The fourth-order valence-corrected chi connectivity index (χ4v) is 2.76. The molecule has 0 amide bonds. The van der Waals surface area contributed by atoms with E-state index in [2.05, 4.69) is 55.9 Å². The summed E-state index contributed by atoms with van der Waals surface area (Å²) < 4.78 is 2.36. The maximum Gasteiger partial charge on any atom is 0.0498 e. The first-order chi connectivity index (χ1) is 10.0. The van der Waals surface area contributed by atoms with E-state index in [9.17, 15) is 0 Å². The SMILES string of the molecule is CCC(C)Cn1cc(CNCC(C)C)c2ccc(Cl)cc21. The zero-order chi connectivity index (χ0) is 15.4. The summed E-state index contributed by atoms with van der Waals surface area (Å²) in [6, 6.07) is 6.23. The molecule has 1 aromatic carbocycles. The smallest absolute Gasteiger partial charge is 0.0498 e. The van der Waals surface area contributed by atoms with Crippen molar-refractivity contribution < 1.29 is 0 Å². The second kappa shape index (κ2) is 7.33. The predicted octanol–water partition coefficient (Wildman–Crippen LogP) is 5.09. The molecule has 0 bridgehead atoms. The monoisotopic (exact) mass is 306 g/mol. The fraction of sp³-hybridized carbons (Fsp3) is 0.556.